The van der Waals surface area contributed by atoms with Gasteiger partial charge in [0, 0.05) is 12.1 Å². The number of fused-ring (bicyclic) bond motifs is 1. The minimum absolute atomic E-state index is 0.0873. The number of aromatic hydroxyl groups is 1. The summed E-state index contributed by atoms with van der Waals surface area (Å²) < 4.78 is 5.06. The second-order valence-corrected chi connectivity index (χ2v) is 6.12. The third-order valence-corrected chi connectivity index (χ3v) is 4.59. The van der Waals surface area contributed by atoms with E-state index in [4.69, 9.17) is 4.74 Å². The molecule has 130 valence electrons. The number of amides is 1. The van der Waals surface area contributed by atoms with Gasteiger partial charge in [-0.1, -0.05) is 37.3 Å². The summed E-state index contributed by atoms with van der Waals surface area (Å²) in [4.78, 5) is 27.4. The summed E-state index contributed by atoms with van der Waals surface area (Å²) in [5.41, 5.74) is 2.02. The summed E-state index contributed by atoms with van der Waals surface area (Å²) in [6, 6.07) is 13.4. The average Bonchev–Trinajstić information content (AvgIpc) is 2.64. The minimum Gasteiger partial charge on any atom is -0.508 e. The number of nitrogens with zero attached hydrogens (tertiary/aromatic N) is 1. The van der Waals surface area contributed by atoms with E-state index in [1.807, 2.05) is 19.1 Å². The summed E-state index contributed by atoms with van der Waals surface area (Å²) in [7, 11) is 1.36. The first-order chi connectivity index (χ1) is 12.1. The number of carbonyl (C=O) groups is 2. The van der Waals surface area contributed by atoms with Crippen molar-refractivity contribution in [1.29, 1.82) is 0 Å². The van der Waals surface area contributed by atoms with Crippen molar-refractivity contribution in [3.63, 3.8) is 0 Å². The molecule has 5 nitrogen and oxygen atoms in total. The molecule has 0 fully saturated rings. The van der Waals surface area contributed by atoms with Crippen LogP contribution in [0.15, 0.2) is 48.5 Å². The number of phenolic OH excluding ortho intramolecular Hbond substituents is 1. The fourth-order valence-electron chi connectivity index (χ4n) is 3.50. The molecule has 3 rings (SSSR count). The summed E-state index contributed by atoms with van der Waals surface area (Å²) >= 11 is 0. The molecular weight excluding hydrogens is 318 g/mol. The van der Waals surface area contributed by atoms with Gasteiger partial charge < -0.3 is 14.7 Å². The van der Waals surface area contributed by atoms with Crippen molar-refractivity contribution < 1.29 is 19.4 Å². The maximum atomic E-state index is 13.0. The Morgan fingerprint density at radius 1 is 1.16 bits per heavy atom. The Morgan fingerprint density at radius 3 is 2.48 bits per heavy atom. The lowest BCUT2D eigenvalue weighted by molar-refractivity contribution is -0.144. The lowest BCUT2D eigenvalue weighted by Gasteiger charge is -2.41. The van der Waals surface area contributed by atoms with Crippen molar-refractivity contribution in [2.75, 3.05) is 13.7 Å². The first-order valence-corrected chi connectivity index (χ1v) is 8.35. The van der Waals surface area contributed by atoms with Crippen LogP contribution in [0.3, 0.4) is 0 Å². The van der Waals surface area contributed by atoms with Crippen molar-refractivity contribution in [2.45, 2.75) is 25.3 Å². The monoisotopic (exact) mass is 339 g/mol. The van der Waals surface area contributed by atoms with Crippen LogP contribution < -0.4 is 0 Å². The van der Waals surface area contributed by atoms with Gasteiger partial charge >= 0.3 is 5.97 Å². The Morgan fingerprint density at radius 2 is 1.84 bits per heavy atom. The predicted molar refractivity (Wildman–Crippen MR) is 93.4 cm³/mol. The van der Waals surface area contributed by atoms with E-state index >= 15 is 0 Å². The molecule has 2 aromatic rings. The van der Waals surface area contributed by atoms with Gasteiger partial charge in [0.1, 0.15) is 11.7 Å². The molecule has 2 atom stereocenters. The molecule has 1 heterocycles. The van der Waals surface area contributed by atoms with Gasteiger partial charge in [0.2, 0.25) is 0 Å². The highest BCUT2D eigenvalue weighted by Gasteiger charge is 2.44. The number of esters is 1. The van der Waals surface area contributed by atoms with E-state index < -0.39 is 12.0 Å². The minimum atomic E-state index is -0.602. The summed E-state index contributed by atoms with van der Waals surface area (Å²) in [6.45, 7) is 2.53. The van der Waals surface area contributed by atoms with Crippen LogP contribution >= 0.6 is 0 Å². The number of methoxy groups -OCH3 is 1. The van der Waals surface area contributed by atoms with Crippen molar-refractivity contribution in [3.8, 4) is 5.75 Å². The van der Waals surface area contributed by atoms with E-state index in [9.17, 15) is 14.7 Å². The van der Waals surface area contributed by atoms with Crippen LogP contribution in [0.25, 0.3) is 0 Å². The molecule has 1 aliphatic rings. The van der Waals surface area contributed by atoms with E-state index in [1.54, 1.807) is 41.3 Å². The highest BCUT2D eigenvalue weighted by Crippen LogP contribution is 2.43. The third kappa shape index (κ3) is 2.97. The van der Waals surface area contributed by atoms with Gasteiger partial charge in [-0.2, -0.15) is 0 Å². The zero-order valence-electron chi connectivity index (χ0n) is 14.3. The third-order valence-electron chi connectivity index (χ3n) is 4.59. The van der Waals surface area contributed by atoms with Crippen molar-refractivity contribution in [1.82, 2.24) is 4.90 Å². The number of rotatable bonds is 4. The summed E-state index contributed by atoms with van der Waals surface area (Å²) in [5, 5.41) is 9.58. The fourth-order valence-corrected chi connectivity index (χ4v) is 3.50. The van der Waals surface area contributed by atoms with Gasteiger partial charge in [-0.25, -0.2) is 0 Å². The molecular formula is C20H21NO4. The summed E-state index contributed by atoms with van der Waals surface area (Å²) in [5.74, 6) is -0.923. The maximum Gasteiger partial charge on any atom is 0.315 e. The molecule has 0 unspecified atom stereocenters. The molecule has 0 spiro atoms. The van der Waals surface area contributed by atoms with Crippen LogP contribution in [0.2, 0.25) is 0 Å². The quantitative estimate of drug-likeness (QED) is 0.868. The second-order valence-electron chi connectivity index (χ2n) is 6.12. The largest absolute Gasteiger partial charge is 0.508 e. The van der Waals surface area contributed by atoms with Crippen molar-refractivity contribution in [3.05, 3.63) is 65.2 Å². The maximum absolute atomic E-state index is 13.0. The van der Waals surface area contributed by atoms with Crippen molar-refractivity contribution >= 4 is 11.9 Å². The first-order valence-electron chi connectivity index (χ1n) is 8.35. The van der Waals surface area contributed by atoms with Gasteiger partial charge in [-0.3, -0.25) is 9.59 Å². The van der Waals surface area contributed by atoms with E-state index in [1.165, 1.54) is 7.11 Å². The normalized spacial score (nSPS) is 19.4. The van der Waals surface area contributed by atoms with E-state index in [0.29, 0.717) is 17.7 Å². The standard InChI is InChI=1S/C20H21NO4/c1-3-12-21-18(13-8-10-14(22)11-9-13)17(20(24)25-2)15-6-4-5-7-16(15)19(21)23/h4-11,17-18,22H,3,12H2,1-2H3/t17-,18+/m1/s1. The fraction of sp³-hybridized carbons (Fsp3) is 0.300. The topological polar surface area (TPSA) is 66.8 Å². The number of ether oxygens (including phenoxy) is 1. The van der Waals surface area contributed by atoms with Crippen LogP contribution in [0, 0.1) is 0 Å². The van der Waals surface area contributed by atoms with Gasteiger partial charge in [-0.05, 0) is 35.7 Å². The van der Waals surface area contributed by atoms with E-state index in [-0.39, 0.29) is 17.6 Å². The van der Waals surface area contributed by atoms with Gasteiger partial charge in [0.25, 0.3) is 5.91 Å². The van der Waals surface area contributed by atoms with Gasteiger partial charge in [0.15, 0.2) is 0 Å². The number of carbonyl (C=O) groups excluding carboxylic acids is 2. The Balaban J connectivity index is 2.20. The zero-order valence-corrected chi connectivity index (χ0v) is 14.3. The van der Waals surface area contributed by atoms with Crippen LogP contribution in [-0.4, -0.2) is 35.5 Å². The SMILES string of the molecule is CCCN1C(=O)c2ccccc2[C@@H](C(=O)OC)[C@@H]1c1ccc(O)cc1. The number of hydrogen-bond donors (Lipinski definition) is 1. The zero-order chi connectivity index (χ0) is 18.0. The highest BCUT2D eigenvalue weighted by molar-refractivity contribution is 6.00. The molecule has 0 bridgehead atoms. The van der Waals surface area contributed by atoms with Gasteiger partial charge in [0.05, 0.1) is 13.2 Å². The molecule has 1 amide bonds. The molecule has 0 radical (unpaired) electrons. The smallest absolute Gasteiger partial charge is 0.315 e. The second kappa shape index (κ2) is 6.97. The number of hydrogen-bond acceptors (Lipinski definition) is 4. The molecule has 1 aliphatic heterocycles. The number of phenols is 1. The van der Waals surface area contributed by atoms with Crippen LogP contribution in [-0.2, 0) is 9.53 Å². The molecule has 0 aliphatic carbocycles. The Labute approximate surface area is 146 Å². The predicted octanol–water partition coefficient (Wildman–Crippen LogP) is 3.26. The Bertz CT molecular complexity index is 785. The van der Waals surface area contributed by atoms with Crippen LogP contribution in [0.5, 0.6) is 5.75 Å². The lowest BCUT2D eigenvalue weighted by Crippen LogP contribution is -2.45. The van der Waals surface area contributed by atoms with E-state index in [0.717, 1.165) is 12.0 Å². The van der Waals surface area contributed by atoms with Crippen molar-refractivity contribution in [2.24, 2.45) is 0 Å². The molecule has 0 saturated carbocycles. The Hall–Kier alpha value is -2.82. The molecule has 2 aromatic carbocycles. The molecule has 25 heavy (non-hydrogen) atoms. The molecule has 0 saturated heterocycles. The van der Waals surface area contributed by atoms with Gasteiger partial charge in [-0.15, -0.1) is 0 Å². The molecule has 5 heteroatoms. The van der Waals surface area contributed by atoms with E-state index in [2.05, 4.69) is 0 Å². The van der Waals surface area contributed by atoms with Crippen LogP contribution in [0.4, 0.5) is 0 Å². The highest BCUT2D eigenvalue weighted by atomic mass is 16.5. The lowest BCUT2D eigenvalue weighted by atomic mass is 9.79. The molecule has 0 aromatic heterocycles. The van der Waals surface area contributed by atoms with Crippen LogP contribution in [0.1, 0.15) is 46.8 Å². The Kier molecular flexibility index (Phi) is 4.74. The molecule has 1 N–H and O–H groups in total. The number of benzene rings is 2. The first kappa shape index (κ1) is 17.0. The summed E-state index contributed by atoms with van der Waals surface area (Å²) in [6.07, 6.45) is 0.774. The average molecular weight is 339 g/mol.